The molecule has 0 bridgehead atoms. The molecule has 1 aromatic heterocycles. The summed E-state index contributed by atoms with van der Waals surface area (Å²) in [5, 5.41) is 7.76. The minimum atomic E-state index is -0.0366. The summed E-state index contributed by atoms with van der Waals surface area (Å²) in [6, 6.07) is 7.93. The summed E-state index contributed by atoms with van der Waals surface area (Å²) in [5.41, 5.74) is 4.92. The van der Waals surface area contributed by atoms with Gasteiger partial charge in [0.1, 0.15) is 0 Å². The molecule has 6 heteroatoms. The van der Waals surface area contributed by atoms with Crippen LogP contribution in [0.15, 0.2) is 35.2 Å². The summed E-state index contributed by atoms with van der Waals surface area (Å²) in [6.07, 6.45) is 0. The number of hydrogen-bond acceptors (Lipinski definition) is 5. The van der Waals surface area contributed by atoms with E-state index in [2.05, 4.69) is 39.0 Å². The molecule has 0 aliphatic rings. The summed E-state index contributed by atoms with van der Waals surface area (Å²) in [5.74, 6) is -0.0366. The Kier molecular flexibility index (Phi) is 5.86. The molecule has 1 heterocycles. The maximum Gasteiger partial charge on any atom is 0.238 e. The van der Waals surface area contributed by atoms with Crippen LogP contribution in [0.4, 0.5) is 5.69 Å². The smallest absolute Gasteiger partial charge is 0.238 e. The van der Waals surface area contributed by atoms with Gasteiger partial charge in [-0.2, -0.15) is 0 Å². The van der Waals surface area contributed by atoms with Gasteiger partial charge in [0.05, 0.1) is 17.7 Å². The number of thiazole rings is 1. The van der Waals surface area contributed by atoms with Gasteiger partial charge in [0.25, 0.3) is 0 Å². The highest BCUT2D eigenvalue weighted by molar-refractivity contribution is 7.07. The number of rotatable bonds is 7. The zero-order valence-corrected chi connectivity index (χ0v) is 13.1. The first kappa shape index (κ1) is 15.6. The van der Waals surface area contributed by atoms with Crippen LogP contribution in [0.1, 0.15) is 11.3 Å². The first-order valence-electron chi connectivity index (χ1n) is 6.76. The Balaban J connectivity index is 1.92. The molecule has 1 aromatic carbocycles. The van der Waals surface area contributed by atoms with Crippen LogP contribution in [0, 0.1) is 0 Å². The average Bonchev–Trinajstić information content (AvgIpc) is 2.92. The normalized spacial score (nSPS) is 10.8. The van der Waals surface area contributed by atoms with E-state index in [1.54, 1.807) is 18.4 Å². The van der Waals surface area contributed by atoms with Crippen molar-refractivity contribution < 1.29 is 4.79 Å². The van der Waals surface area contributed by atoms with Crippen molar-refractivity contribution >= 4 is 22.9 Å². The lowest BCUT2D eigenvalue weighted by Crippen LogP contribution is -2.25. The lowest BCUT2D eigenvalue weighted by atomic mass is 10.2. The molecule has 21 heavy (non-hydrogen) atoms. The molecular formula is C15H20N4OS. The number of carbonyl (C=O) groups is 1. The lowest BCUT2D eigenvalue weighted by molar-refractivity contribution is -0.115. The number of benzene rings is 1. The molecule has 1 amide bonds. The third-order valence-corrected chi connectivity index (χ3v) is 3.55. The third-order valence-electron chi connectivity index (χ3n) is 2.92. The number of amides is 1. The molecule has 0 atom stereocenters. The molecule has 2 rings (SSSR count). The lowest BCUT2D eigenvalue weighted by Gasteiger charge is -2.16. The van der Waals surface area contributed by atoms with Crippen molar-refractivity contribution in [1.82, 2.24) is 15.2 Å². The Hall–Kier alpha value is -1.76. The van der Waals surface area contributed by atoms with Crippen molar-refractivity contribution in [1.29, 1.82) is 0 Å². The van der Waals surface area contributed by atoms with E-state index in [1.807, 2.05) is 23.7 Å². The molecule has 2 aromatic rings. The van der Waals surface area contributed by atoms with Gasteiger partial charge in [0.15, 0.2) is 0 Å². The highest BCUT2D eigenvalue weighted by Gasteiger charge is 2.05. The minimum absolute atomic E-state index is 0.0366. The monoisotopic (exact) mass is 304 g/mol. The number of carbonyl (C=O) groups excluding carboxylic acids is 1. The van der Waals surface area contributed by atoms with E-state index in [1.165, 1.54) is 0 Å². The Morgan fingerprint density at radius 1 is 1.38 bits per heavy atom. The van der Waals surface area contributed by atoms with Gasteiger partial charge in [-0.3, -0.25) is 9.69 Å². The van der Waals surface area contributed by atoms with Gasteiger partial charge in [-0.25, -0.2) is 4.98 Å². The average molecular weight is 304 g/mol. The van der Waals surface area contributed by atoms with E-state index in [4.69, 9.17) is 0 Å². The highest BCUT2D eigenvalue weighted by atomic mass is 32.1. The molecule has 0 fully saturated rings. The first-order valence-corrected chi connectivity index (χ1v) is 7.70. The zero-order valence-electron chi connectivity index (χ0n) is 12.3. The van der Waals surface area contributed by atoms with Gasteiger partial charge >= 0.3 is 0 Å². The third kappa shape index (κ3) is 5.26. The molecule has 0 unspecified atom stereocenters. The molecule has 0 saturated carbocycles. The zero-order chi connectivity index (χ0) is 15.1. The van der Waals surface area contributed by atoms with E-state index in [0.717, 1.165) is 30.0 Å². The minimum Gasteiger partial charge on any atom is -0.325 e. The van der Waals surface area contributed by atoms with Gasteiger partial charge in [-0.15, -0.1) is 11.3 Å². The van der Waals surface area contributed by atoms with E-state index in [0.29, 0.717) is 6.54 Å². The topological polar surface area (TPSA) is 57.3 Å². The van der Waals surface area contributed by atoms with Crippen LogP contribution in [-0.2, 0) is 17.9 Å². The second-order valence-electron chi connectivity index (χ2n) is 4.93. The first-order chi connectivity index (χ1) is 10.2. The van der Waals surface area contributed by atoms with Crippen molar-refractivity contribution in [3.63, 3.8) is 0 Å². The summed E-state index contributed by atoms with van der Waals surface area (Å²) in [4.78, 5) is 18.1. The molecule has 0 aliphatic heterocycles. The predicted octanol–water partition coefficient (Wildman–Crippen LogP) is 1.93. The molecule has 0 saturated heterocycles. The molecule has 2 N–H and O–H groups in total. The second kappa shape index (κ2) is 7.87. The van der Waals surface area contributed by atoms with Gasteiger partial charge in [-0.05, 0) is 31.8 Å². The predicted molar refractivity (Wildman–Crippen MR) is 86.3 cm³/mol. The number of nitrogens with one attached hydrogen (secondary N) is 2. The largest absolute Gasteiger partial charge is 0.325 e. The van der Waals surface area contributed by atoms with Gasteiger partial charge < -0.3 is 10.6 Å². The molecule has 5 nitrogen and oxygen atoms in total. The SMILES string of the molecule is CNCC(=O)Nc1cccc(CN(C)Cc2cscn2)c1. The van der Waals surface area contributed by atoms with Gasteiger partial charge in [-0.1, -0.05) is 12.1 Å². The van der Waals surface area contributed by atoms with Crippen LogP contribution in [-0.4, -0.2) is 36.4 Å². The number of anilines is 1. The fourth-order valence-electron chi connectivity index (χ4n) is 2.07. The Labute approximate surface area is 129 Å². The fraction of sp³-hybridized carbons (Fsp3) is 0.333. The second-order valence-corrected chi connectivity index (χ2v) is 5.65. The van der Waals surface area contributed by atoms with E-state index in [-0.39, 0.29) is 5.91 Å². The van der Waals surface area contributed by atoms with Crippen molar-refractivity contribution in [2.75, 3.05) is 26.0 Å². The summed E-state index contributed by atoms with van der Waals surface area (Å²) >= 11 is 1.61. The number of hydrogen-bond donors (Lipinski definition) is 2. The molecule has 0 radical (unpaired) electrons. The highest BCUT2D eigenvalue weighted by Crippen LogP contribution is 2.13. The summed E-state index contributed by atoms with van der Waals surface area (Å²) < 4.78 is 0. The number of likely N-dealkylation sites (N-methyl/N-ethyl adjacent to an activating group) is 1. The Morgan fingerprint density at radius 3 is 2.95 bits per heavy atom. The van der Waals surface area contributed by atoms with Gasteiger partial charge in [0, 0.05) is 24.2 Å². The van der Waals surface area contributed by atoms with Crippen molar-refractivity contribution in [2.24, 2.45) is 0 Å². The number of aromatic nitrogens is 1. The number of nitrogens with zero attached hydrogens (tertiary/aromatic N) is 2. The van der Waals surface area contributed by atoms with Crippen LogP contribution in [0.25, 0.3) is 0 Å². The van der Waals surface area contributed by atoms with Gasteiger partial charge in [0.2, 0.25) is 5.91 Å². The van der Waals surface area contributed by atoms with Crippen LogP contribution >= 0.6 is 11.3 Å². The maximum absolute atomic E-state index is 11.6. The van der Waals surface area contributed by atoms with Crippen molar-refractivity contribution in [3.05, 3.63) is 46.4 Å². The van der Waals surface area contributed by atoms with E-state index in [9.17, 15) is 4.79 Å². The summed E-state index contributed by atoms with van der Waals surface area (Å²) in [6.45, 7) is 1.95. The summed E-state index contributed by atoms with van der Waals surface area (Å²) in [7, 11) is 3.81. The Bertz CT molecular complexity index is 571. The van der Waals surface area contributed by atoms with Crippen molar-refractivity contribution in [2.45, 2.75) is 13.1 Å². The van der Waals surface area contributed by atoms with E-state index >= 15 is 0 Å². The van der Waals surface area contributed by atoms with Crippen molar-refractivity contribution in [3.8, 4) is 0 Å². The van der Waals surface area contributed by atoms with Crippen LogP contribution in [0.3, 0.4) is 0 Å². The van der Waals surface area contributed by atoms with Crippen LogP contribution < -0.4 is 10.6 Å². The fourth-order valence-corrected chi connectivity index (χ4v) is 2.62. The molecular weight excluding hydrogens is 284 g/mol. The molecule has 0 aliphatic carbocycles. The molecule has 0 spiro atoms. The Morgan fingerprint density at radius 2 is 2.24 bits per heavy atom. The maximum atomic E-state index is 11.6. The molecule has 112 valence electrons. The standard InChI is InChI=1S/C15H20N4OS/c1-16-7-15(20)18-13-5-3-4-12(6-13)8-19(2)9-14-10-21-11-17-14/h3-6,10-11,16H,7-9H2,1-2H3,(H,18,20). The van der Waals surface area contributed by atoms with Crippen LogP contribution in [0.5, 0.6) is 0 Å². The van der Waals surface area contributed by atoms with E-state index < -0.39 is 0 Å². The van der Waals surface area contributed by atoms with Crippen LogP contribution in [0.2, 0.25) is 0 Å². The quantitative estimate of drug-likeness (QED) is 0.821.